The van der Waals surface area contributed by atoms with E-state index in [2.05, 4.69) is 9.97 Å². The van der Waals surface area contributed by atoms with E-state index in [9.17, 15) is 8.42 Å². The Hall–Kier alpha value is -2.19. The molecule has 7 nitrogen and oxygen atoms in total. The number of nitrogen functional groups attached to an aromatic ring is 2. The zero-order chi connectivity index (χ0) is 15.3. The summed E-state index contributed by atoms with van der Waals surface area (Å²) in [6, 6.07) is 5.06. The summed E-state index contributed by atoms with van der Waals surface area (Å²) in [5.41, 5.74) is 12.3. The summed E-state index contributed by atoms with van der Waals surface area (Å²) < 4.78 is 29.7. The van der Waals surface area contributed by atoms with E-state index in [0.717, 1.165) is 11.8 Å². The third-order valence-corrected chi connectivity index (χ3v) is 3.26. The smallest absolute Gasteiger partial charge is 0.296 e. The van der Waals surface area contributed by atoms with E-state index < -0.39 is 10.1 Å². The lowest BCUT2D eigenvalue weighted by molar-refractivity contribution is 0.482. The first kappa shape index (κ1) is 15.9. The summed E-state index contributed by atoms with van der Waals surface area (Å²) in [5.74, 6) is 0.870. The van der Waals surface area contributed by atoms with Gasteiger partial charge in [-0.15, -0.1) is 0 Å². The van der Waals surface area contributed by atoms with Crippen LogP contribution in [0, 0.1) is 13.8 Å². The maximum Gasteiger partial charge on any atom is 0.296 e. The number of aromatic nitrogens is 2. The van der Waals surface area contributed by atoms with Crippen LogP contribution in [0.2, 0.25) is 0 Å². The quantitative estimate of drug-likeness (QED) is 0.673. The minimum atomic E-state index is -4.16. The molecule has 0 spiro atoms. The van der Waals surface area contributed by atoms with Gasteiger partial charge in [0, 0.05) is 6.20 Å². The summed E-state index contributed by atoms with van der Waals surface area (Å²) in [6.45, 7) is 3.54. The number of rotatable bonds is 1. The fourth-order valence-corrected chi connectivity index (χ4v) is 1.71. The standard InChI is InChI=1S/C6H8N2O3S.C6H8N2/c1-4-2-5(12(9,10)11)3-8-6(4)7;1-5-3-2-4-8-6(5)7/h2-3H,1H3,(H2,7,8)(H,9,10,11);2-4H,1H3,(H2,7,8). The Labute approximate surface area is 117 Å². The molecule has 2 heterocycles. The van der Waals surface area contributed by atoms with Gasteiger partial charge < -0.3 is 11.5 Å². The summed E-state index contributed by atoms with van der Waals surface area (Å²) in [7, 11) is -4.16. The molecule has 0 aliphatic rings. The molecule has 2 rings (SSSR count). The fraction of sp³-hybridized carbons (Fsp3) is 0.167. The van der Waals surface area contributed by atoms with Gasteiger partial charge in [-0.3, -0.25) is 4.55 Å². The minimum absolute atomic E-state index is 0.241. The molecule has 0 atom stereocenters. The molecule has 0 saturated heterocycles. The molecule has 0 aromatic carbocycles. The first-order valence-electron chi connectivity index (χ1n) is 5.58. The molecule has 0 bridgehead atoms. The number of hydrogen-bond donors (Lipinski definition) is 3. The Balaban J connectivity index is 0.000000217. The molecule has 0 aliphatic heterocycles. The van der Waals surface area contributed by atoms with Crippen LogP contribution in [0.25, 0.3) is 0 Å². The third-order valence-electron chi connectivity index (χ3n) is 2.44. The van der Waals surface area contributed by atoms with Crippen molar-refractivity contribution >= 4 is 21.8 Å². The summed E-state index contributed by atoms with van der Waals surface area (Å²) >= 11 is 0. The molecule has 0 fully saturated rings. The Morgan fingerprint density at radius 2 is 1.70 bits per heavy atom. The van der Waals surface area contributed by atoms with Crippen LogP contribution < -0.4 is 11.5 Å². The average Bonchev–Trinajstić information content (AvgIpc) is 2.36. The van der Waals surface area contributed by atoms with Crippen LogP contribution in [0.4, 0.5) is 11.6 Å². The topological polar surface area (TPSA) is 132 Å². The van der Waals surface area contributed by atoms with Gasteiger partial charge in [0.2, 0.25) is 0 Å². The number of pyridine rings is 2. The number of nitrogens with zero attached hydrogens (tertiary/aromatic N) is 2. The highest BCUT2D eigenvalue weighted by Gasteiger charge is 2.10. The predicted octanol–water partition coefficient (Wildman–Crippen LogP) is 1.19. The summed E-state index contributed by atoms with van der Waals surface area (Å²) in [6.07, 6.45) is 2.69. The monoisotopic (exact) mass is 296 g/mol. The van der Waals surface area contributed by atoms with Gasteiger partial charge in [-0.2, -0.15) is 8.42 Å². The van der Waals surface area contributed by atoms with Crippen molar-refractivity contribution in [1.82, 2.24) is 9.97 Å². The lowest BCUT2D eigenvalue weighted by atomic mass is 10.3. The van der Waals surface area contributed by atoms with Crippen molar-refractivity contribution in [2.75, 3.05) is 11.5 Å². The highest BCUT2D eigenvalue weighted by molar-refractivity contribution is 7.85. The van der Waals surface area contributed by atoms with Gasteiger partial charge in [-0.25, -0.2) is 9.97 Å². The SMILES string of the molecule is Cc1cc(S(=O)(=O)O)cnc1N.Cc1cccnc1N. The first-order valence-corrected chi connectivity index (χ1v) is 7.02. The second kappa shape index (κ2) is 6.31. The van der Waals surface area contributed by atoms with Crippen LogP contribution in [-0.4, -0.2) is 22.9 Å². The van der Waals surface area contributed by atoms with Crippen molar-refractivity contribution < 1.29 is 13.0 Å². The molecule has 0 unspecified atom stereocenters. The van der Waals surface area contributed by atoms with Gasteiger partial charge in [-0.1, -0.05) is 6.07 Å². The van der Waals surface area contributed by atoms with Crippen molar-refractivity contribution in [2.24, 2.45) is 0 Å². The molecule has 108 valence electrons. The average molecular weight is 296 g/mol. The van der Waals surface area contributed by atoms with Gasteiger partial charge in [0.15, 0.2) is 0 Å². The predicted molar refractivity (Wildman–Crippen MR) is 76.6 cm³/mol. The van der Waals surface area contributed by atoms with Crippen molar-refractivity contribution in [1.29, 1.82) is 0 Å². The van der Waals surface area contributed by atoms with Crippen LogP contribution in [-0.2, 0) is 10.1 Å². The zero-order valence-electron chi connectivity index (χ0n) is 11.1. The molecular weight excluding hydrogens is 280 g/mol. The highest BCUT2D eigenvalue weighted by Crippen LogP contribution is 2.12. The zero-order valence-corrected chi connectivity index (χ0v) is 11.9. The highest BCUT2D eigenvalue weighted by atomic mass is 32.2. The first-order chi connectivity index (χ1) is 9.21. The summed E-state index contributed by atoms with van der Waals surface area (Å²) in [5, 5.41) is 0. The Bertz CT molecular complexity index is 681. The van der Waals surface area contributed by atoms with Crippen LogP contribution >= 0.6 is 0 Å². The molecule has 0 radical (unpaired) electrons. The lowest BCUT2D eigenvalue weighted by Gasteiger charge is -2.00. The molecule has 2 aromatic rings. The van der Waals surface area contributed by atoms with Crippen LogP contribution in [0.1, 0.15) is 11.1 Å². The van der Waals surface area contributed by atoms with E-state index >= 15 is 0 Å². The Morgan fingerprint density at radius 1 is 1.10 bits per heavy atom. The number of nitrogens with two attached hydrogens (primary N) is 2. The van der Waals surface area contributed by atoms with E-state index in [1.165, 1.54) is 6.07 Å². The van der Waals surface area contributed by atoms with Crippen LogP contribution in [0.15, 0.2) is 35.5 Å². The van der Waals surface area contributed by atoms with Crippen molar-refractivity contribution in [3.63, 3.8) is 0 Å². The second-order valence-electron chi connectivity index (χ2n) is 4.05. The molecule has 20 heavy (non-hydrogen) atoms. The molecule has 0 amide bonds. The van der Waals surface area contributed by atoms with Crippen molar-refractivity contribution in [3.05, 3.63) is 41.7 Å². The van der Waals surface area contributed by atoms with E-state index in [-0.39, 0.29) is 10.7 Å². The Morgan fingerprint density at radius 3 is 2.10 bits per heavy atom. The van der Waals surface area contributed by atoms with Gasteiger partial charge in [0.1, 0.15) is 16.5 Å². The Kier molecular flexibility index (Phi) is 5.00. The maximum absolute atomic E-state index is 10.6. The van der Waals surface area contributed by atoms with Gasteiger partial charge in [-0.05, 0) is 37.1 Å². The fourth-order valence-electron chi connectivity index (χ4n) is 1.20. The van der Waals surface area contributed by atoms with Crippen LogP contribution in [0.3, 0.4) is 0 Å². The largest absolute Gasteiger partial charge is 0.383 e. The van der Waals surface area contributed by atoms with Gasteiger partial charge in [0.05, 0.1) is 6.20 Å². The normalized spacial score (nSPS) is 10.6. The van der Waals surface area contributed by atoms with Gasteiger partial charge in [0.25, 0.3) is 10.1 Å². The van der Waals surface area contributed by atoms with E-state index in [4.69, 9.17) is 16.0 Å². The summed E-state index contributed by atoms with van der Waals surface area (Å²) in [4.78, 5) is 7.20. The molecular formula is C12H16N4O3S. The number of anilines is 2. The van der Waals surface area contributed by atoms with Crippen molar-refractivity contribution in [2.45, 2.75) is 18.7 Å². The van der Waals surface area contributed by atoms with Crippen molar-refractivity contribution in [3.8, 4) is 0 Å². The molecule has 8 heteroatoms. The second-order valence-corrected chi connectivity index (χ2v) is 5.48. The van der Waals surface area contributed by atoms with E-state index in [0.29, 0.717) is 11.4 Å². The van der Waals surface area contributed by atoms with Gasteiger partial charge >= 0.3 is 0 Å². The number of hydrogen-bond acceptors (Lipinski definition) is 6. The third kappa shape index (κ3) is 4.48. The molecule has 5 N–H and O–H groups in total. The van der Waals surface area contributed by atoms with E-state index in [1.54, 1.807) is 13.1 Å². The minimum Gasteiger partial charge on any atom is -0.383 e. The molecule has 0 saturated carbocycles. The van der Waals surface area contributed by atoms with E-state index in [1.807, 2.05) is 19.1 Å². The number of aryl methyl sites for hydroxylation is 2. The lowest BCUT2D eigenvalue weighted by Crippen LogP contribution is -2.01. The van der Waals surface area contributed by atoms with Crippen LogP contribution in [0.5, 0.6) is 0 Å². The maximum atomic E-state index is 10.6. The molecule has 2 aromatic heterocycles. The molecule has 0 aliphatic carbocycles.